The van der Waals surface area contributed by atoms with Crippen molar-refractivity contribution in [3.05, 3.63) is 29.6 Å². The molecule has 0 radical (unpaired) electrons. The molecule has 0 aliphatic heterocycles. The summed E-state index contributed by atoms with van der Waals surface area (Å²) < 4.78 is 38.0. The van der Waals surface area contributed by atoms with Crippen molar-refractivity contribution in [2.24, 2.45) is 0 Å². The van der Waals surface area contributed by atoms with Crippen LogP contribution in [-0.4, -0.2) is 33.8 Å². The maximum Gasteiger partial charge on any atom is 0.433 e. The van der Waals surface area contributed by atoms with E-state index in [4.69, 9.17) is 0 Å². The van der Waals surface area contributed by atoms with Crippen LogP contribution in [0, 0.1) is 0 Å². The van der Waals surface area contributed by atoms with Crippen molar-refractivity contribution in [2.45, 2.75) is 25.3 Å². The number of nitrogens with zero attached hydrogens (tertiary/aromatic N) is 1. The van der Waals surface area contributed by atoms with Crippen molar-refractivity contribution in [1.29, 1.82) is 0 Å². The second-order valence-corrected chi connectivity index (χ2v) is 3.89. The standard InChI is InChI=1S/C11H13F3N2O3/c1-6(17)16-5-8(18)9(19)7-3-2-4-15-10(7)11(12,13)14/h2-4,8-9,18-19H,5H2,1H3,(H,16,17). The third-order valence-electron chi connectivity index (χ3n) is 2.35. The fourth-order valence-corrected chi connectivity index (χ4v) is 1.46. The summed E-state index contributed by atoms with van der Waals surface area (Å²) in [7, 11) is 0. The number of halogens is 3. The zero-order valence-corrected chi connectivity index (χ0v) is 9.98. The molecule has 106 valence electrons. The van der Waals surface area contributed by atoms with Crippen LogP contribution in [0.3, 0.4) is 0 Å². The molecular formula is C11H13F3N2O3. The molecule has 3 N–H and O–H groups in total. The Balaban J connectivity index is 2.93. The number of rotatable bonds is 4. The smallest absolute Gasteiger partial charge is 0.388 e. The van der Waals surface area contributed by atoms with Gasteiger partial charge in [-0.1, -0.05) is 6.07 Å². The number of hydrogen-bond donors (Lipinski definition) is 3. The fraction of sp³-hybridized carbons (Fsp3) is 0.455. The Morgan fingerprint density at radius 3 is 2.63 bits per heavy atom. The Morgan fingerprint density at radius 2 is 2.11 bits per heavy atom. The lowest BCUT2D eigenvalue weighted by atomic mass is 10.0. The van der Waals surface area contributed by atoms with E-state index in [1.165, 1.54) is 13.0 Å². The summed E-state index contributed by atoms with van der Waals surface area (Å²) in [5, 5.41) is 21.5. The Morgan fingerprint density at radius 1 is 1.47 bits per heavy atom. The van der Waals surface area contributed by atoms with Crippen LogP contribution in [-0.2, 0) is 11.0 Å². The number of alkyl halides is 3. The van der Waals surface area contributed by atoms with Crippen LogP contribution in [0.25, 0.3) is 0 Å². The Kier molecular flexibility index (Phi) is 4.84. The summed E-state index contributed by atoms with van der Waals surface area (Å²) in [6.45, 7) is 0.826. The van der Waals surface area contributed by atoms with E-state index in [0.717, 1.165) is 12.3 Å². The number of aromatic nitrogens is 1. The van der Waals surface area contributed by atoms with Gasteiger partial charge in [-0.2, -0.15) is 13.2 Å². The lowest BCUT2D eigenvalue weighted by Gasteiger charge is -2.21. The van der Waals surface area contributed by atoms with E-state index < -0.39 is 35.5 Å². The van der Waals surface area contributed by atoms with E-state index in [-0.39, 0.29) is 6.54 Å². The molecule has 0 aliphatic carbocycles. The largest absolute Gasteiger partial charge is 0.433 e. The molecule has 0 aliphatic rings. The highest BCUT2D eigenvalue weighted by atomic mass is 19.4. The van der Waals surface area contributed by atoms with Crippen LogP contribution < -0.4 is 5.32 Å². The van der Waals surface area contributed by atoms with Gasteiger partial charge in [0.1, 0.15) is 17.9 Å². The van der Waals surface area contributed by atoms with Crippen LogP contribution in [0.5, 0.6) is 0 Å². The number of carbonyl (C=O) groups is 1. The first kappa shape index (κ1) is 15.4. The quantitative estimate of drug-likeness (QED) is 0.754. The first-order chi connectivity index (χ1) is 8.73. The molecule has 1 rings (SSSR count). The van der Waals surface area contributed by atoms with Gasteiger partial charge >= 0.3 is 6.18 Å². The summed E-state index contributed by atoms with van der Waals surface area (Å²) in [5.74, 6) is -0.464. The van der Waals surface area contributed by atoms with E-state index in [2.05, 4.69) is 10.3 Å². The lowest BCUT2D eigenvalue weighted by molar-refractivity contribution is -0.143. The first-order valence-corrected chi connectivity index (χ1v) is 5.36. The highest BCUT2D eigenvalue weighted by Gasteiger charge is 2.37. The third kappa shape index (κ3) is 4.18. The van der Waals surface area contributed by atoms with E-state index in [0.29, 0.717) is 0 Å². The van der Waals surface area contributed by atoms with Gasteiger partial charge in [0.25, 0.3) is 0 Å². The van der Waals surface area contributed by atoms with Crippen molar-refractivity contribution >= 4 is 5.91 Å². The molecular weight excluding hydrogens is 265 g/mol. The number of pyridine rings is 1. The normalized spacial score (nSPS) is 14.8. The van der Waals surface area contributed by atoms with E-state index in [1.807, 2.05) is 0 Å². The molecule has 1 heterocycles. The average Bonchev–Trinajstić information content (AvgIpc) is 2.34. The number of hydrogen-bond acceptors (Lipinski definition) is 4. The van der Waals surface area contributed by atoms with E-state index >= 15 is 0 Å². The molecule has 1 aromatic heterocycles. The van der Waals surface area contributed by atoms with Gasteiger partial charge in [0, 0.05) is 25.2 Å². The Bertz CT molecular complexity index is 451. The van der Waals surface area contributed by atoms with Crippen LogP contribution >= 0.6 is 0 Å². The molecule has 1 amide bonds. The van der Waals surface area contributed by atoms with Crippen molar-refractivity contribution in [3.63, 3.8) is 0 Å². The predicted octanol–water partition coefficient (Wildman–Crippen LogP) is 0.631. The second-order valence-electron chi connectivity index (χ2n) is 3.89. The van der Waals surface area contributed by atoms with Crippen LogP contribution in [0.2, 0.25) is 0 Å². The molecule has 8 heteroatoms. The third-order valence-corrected chi connectivity index (χ3v) is 2.35. The topological polar surface area (TPSA) is 82.5 Å². The van der Waals surface area contributed by atoms with E-state index in [9.17, 15) is 28.2 Å². The summed E-state index contributed by atoms with van der Waals surface area (Å²) in [6.07, 6.45) is -7.14. The van der Waals surface area contributed by atoms with Crippen LogP contribution in [0.15, 0.2) is 18.3 Å². The van der Waals surface area contributed by atoms with Crippen molar-refractivity contribution in [2.75, 3.05) is 6.54 Å². The van der Waals surface area contributed by atoms with E-state index in [1.54, 1.807) is 0 Å². The van der Waals surface area contributed by atoms with Crippen LogP contribution in [0.4, 0.5) is 13.2 Å². The van der Waals surface area contributed by atoms with Crippen molar-refractivity contribution in [1.82, 2.24) is 10.3 Å². The highest BCUT2D eigenvalue weighted by Crippen LogP contribution is 2.33. The molecule has 5 nitrogen and oxygen atoms in total. The molecule has 0 bridgehead atoms. The molecule has 0 spiro atoms. The van der Waals surface area contributed by atoms with Crippen LogP contribution in [0.1, 0.15) is 24.3 Å². The van der Waals surface area contributed by atoms with Crippen molar-refractivity contribution < 1.29 is 28.2 Å². The lowest BCUT2D eigenvalue weighted by Crippen LogP contribution is -2.35. The van der Waals surface area contributed by atoms with Gasteiger partial charge < -0.3 is 15.5 Å². The molecule has 0 saturated carbocycles. The van der Waals surface area contributed by atoms with Gasteiger partial charge in [-0.25, -0.2) is 0 Å². The molecule has 19 heavy (non-hydrogen) atoms. The van der Waals surface area contributed by atoms with Gasteiger partial charge in [-0.05, 0) is 6.07 Å². The maximum atomic E-state index is 12.7. The minimum absolute atomic E-state index is 0.358. The maximum absolute atomic E-state index is 12.7. The fourth-order valence-electron chi connectivity index (χ4n) is 1.46. The SMILES string of the molecule is CC(=O)NCC(O)C(O)c1cccnc1C(F)(F)F. The molecule has 1 aromatic rings. The number of nitrogens with one attached hydrogen (secondary N) is 1. The number of aliphatic hydroxyl groups is 2. The molecule has 2 unspecified atom stereocenters. The molecule has 0 fully saturated rings. The number of aliphatic hydroxyl groups excluding tert-OH is 2. The summed E-state index contributed by atoms with van der Waals surface area (Å²) >= 11 is 0. The monoisotopic (exact) mass is 278 g/mol. The van der Waals surface area contributed by atoms with Crippen molar-refractivity contribution in [3.8, 4) is 0 Å². The molecule has 0 aromatic carbocycles. The summed E-state index contributed by atoms with van der Waals surface area (Å²) in [4.78, 5) is 13.8. The van der Waals surface area contributed by atoms with Gasteiger partial charge in [0.15, 0.2) is 0 Å². The zero-order valence-electron chi connectivity index (χ0n) is 9.98. The van der Waals surface area contributed by atoms with Gasteiger partial charge in [-0.15, -0.1) is 0 Å². The summed E-state index contributed by atoms with van der Waals surface area (Å²) in [5.41, 5.74) is -1.79. The Hall–Kier alpha value is -1.67. The molecule has 2 atom stereocenters. The van der Waals surface area contributed by atoms with Gasteiger partial charge in [-0.3, -0.25) is 9.78 Å². The van der Waals surface area contributed by atoms with Gasteiger partial charge in [0.2, 0.25) is 5.91 Å². The second kappa shape index (κ2) is 5.98. The Labute approximate surface area is 107 Å². The van der Waals surface area contributed by atoms with Gasteiger partial charge in [0.05, 0.1) is 0 Å². The minimum Gasteiger partial charge on any atom is -0.388 e. The average molecular weight is 278 g/mol. The summed E-state index contributed by atoms with van der Waals surface area (Å²) in [6, 6.07) is 2.25. The first-order valence-electron chi connectivity index (χ1n) is 5.36. The highest BCUT2D eigenvalue weighted by molar-refractivity contribution is 5.72. The number of amides is 1. The predicted molar refractivity (Wildman–Crippen MR) is 58.9 cm³/mol. The minimum atomic E-state index is -4.73. The zero-order chi connectivity index (χ0) is 14.6. The molecule has 0 saturated heterocycles. The number of carbonyl (C=O) groups excluding carboxylic acids is 1.